The number of amides is 3. The van der Waals surface area contributed by atoms with Crippen LogP contribution in [0.4, 0.5) is 0 Å². The van der Waals surface area contributed by atoms with Crippen molar-refractivity contribution in [1.29, 1.82) is 0 Å². The maximum Gasteiger partial charge on any atom is 0.328 e. The molecule has 0 spiro atoms. The second-order valence-electron chi connectivity index (χ2n) is 8.55. The molecule has 0 saturated heterocycles. The van der Waals surface area contributed by atoms with Gasteiger partial charge in [-0.25, -0.2) is 4.79 Å². The second-order valence-corrected chi connectivity index (χ2v) is 8.55. The van der Waals surface area contributed by atoms with Gasteiger partial charge in [0.1, 0.15) is 12.1 Å². The molecule has 0 fully saturated rings. The van der Waals surface area contributed by atoms with Gasteiger partial charge < -0.3 is 37.6 Å². The molecule has 6 unspecified atom stereocenters. The number of nitrogens with one attached hydrogen (secondary N) is 3. The molecule has 11 nitrogen and oxygen atoms in total. The highest BCUT2D eigenvalue weighted by Crippen LogP contribution is 2.11. The minimum atomic E-state index is -1.52. The summed E-state index contributed by atoms with van der Waals surface area (Å²) in [5.74, 6) is -3.63. The van der Waals surface area contributed by atoms with Crippen LogP contribution in [0.1, 0.15) is 60.3 Å². The lowest BCUT2D eigenvalue weighted by molar-refractivity contribution is -0.145. The number of hydrogen-bond acceptors (Lipinski definition) is 7. The molecule has 11 heteroatoms. The first-order valence-electron chi connectivity index (χ1n) is 11.1. The van der Waals surface area contributed by atoms with E-state index in [-0.39, 0.29) is 11.8 Å². The van der Waals surface area contributed by atoms with Crippen LogP contribution in [0.5, 0.6) is 0 Å². The van der Waals surface area contributed by atoms with E-state index in [0.717, 1.165) is 0 Å². The van der Waals surface area contributed by atoms with Gasteiger partial charge in [0.2, 0.25) is 17.7 Å². The van der Waals surface area contributed by atoms with Crippen molar-refractivity contribution in [3.05, 3.63) is 0 Å². The van der Waals surface area contributed by atoms with E-state index in [1.807, 2.05) is 6.92 Å². The lowest BCUT2D eigenvalue weighted by Crippen LogP contribution is -2.60. The summed E-state index contributed by atoms with van der Waals surface area (Å²) in [5, 5.41) is 26.4. The van der Waals surface area contributed by atoms with E-state index in [4.69, 9.17) is 11.5 Å². The summed E-state index contributed by atoms with van der Waals surface area (Å²) in [6, 6.07) is -4.29. The van der Waals surface area contributed by atoms with E-state index >= 15 is 0 Å². The van der Waals surface area contributed by atoms with Crippen LogP contribution in [0, 0.1) is 11.8 Å². The van der Waals surface area contributed by atoms with E-state index in [1.54, 1.807) is 20.8 Å². The van der Waals surface area contributed by atoms with Crippen molar-refractivity contribution in [2.75, 3.05) is 6.54 Å². The quantitative estimate of drug-likeness (QED) is 0.152. The number of nitrogens with two attached hydrogens (primary N) is 2. The molecule has 3 amide bonds. The molecular weight excluding hydrogens is 418 g/mol. The third-order valence-corrected chi connectivity index (χ3v) is 5.44. The molecule has 32 heavy (non-hydrogen) atoms. The lowest BCUT2D eigenvalue weighted by atomic mass is 9.96. The monoisotopic (exact) mass is 459 g/mol. The van der Waals surface area contributed by atoms with Crippen LogP contribution in [0.3, 0.4) is 0 Å². The first kappa shape index (κ1) is 29.8. The van der Waals surface area contributed by atoms with Crippen LogP contribution in [0.2, 0.25) is 0 Å². The van der Waals surface area contributed by atoms with Gasteiger partial charge in [-0.1, -0.05) is 34.1 Å². The normalized spacial score (nSPS) is 16.9. The third kappa shape index (κ3) is 9.92. The minimum Gasteiger partial charge on any atom is -0.480 e. The highest BCUT2D eigenvalue weighted by molar-refractivity contribution is 5.94. The van der Waals surface area contributed by atoms with Crippen LogP contribution in [0.15, 0.2) is 0 Å². The smallest absolute Gasteiger partial charge is 0.328 e. The fraction of sp³-hybridized carbons (Fsp3) is 0.810. The topological polar surface area (TPSA) is 197 Å². The van der Waals surface area contributed by atoms with Crippen LogP contribution >= 0.6 is 0 Å². The number of rotatable bonds is 15. The van der Waals surface area contributed by atoms with Gasteiger partial charge in [-0.3, -0.25) is 14.4 Å². The molecule has 0 aromatic heterocycles. The summed E-state index contributed by atoms with van der Waals surface area (Å²) >= 11 is 0. The van der Waals surface area contributed by atoms with Crippen molar-refractivity contribution in [1.82, 2.24) is 16.0 Å². The number of carboxylic acid groups (broad SMARTS) is 1. The summed E-state index contributed by atoms with van der Waals surface area (Å²) in [6.07, 6.45) is 0.729. The van der Waals surface area contributed by atoms with Crippen molar-refractivity contribution in [3.8, 4) is 0 Å². The molecule has 0 heterocycles. The van der Waals surface area contributed by atoms with Crippen molar-refractivity contribution in [3.63, 3.8) is 0 Å². The average Bonchev–Trinajstić information content (AvgIpc) is 2.72. The average molecular weight is 460 g/mol. The predicted molar refractivity (Wildman–Crippen MR) is 120 cm³/mol. The zero-order chi connectivity index (χ0) is 25.0. The largest absolute Gasteiger partial charge is 0.480 e. The Bertz CT molecular complexity index is 628. The minimum absolute atomic E-state index is 0.130. The van der Waals surface area contributed by atoms with Gasteiger partial charge in [0.15, 0.2) is 6.04 Å². The number of carbonyl (C=O) groups is 4. The van der Waals surface area contributed by atoms with Crippen molar-refractivity contribution in [2.24, 2.45) is 23.3 Å². The van der Waals surface area contributed by atoms with Crippen molar-refractivity contribution < 1.29 is 29.4 Å². The summed E-state index contributed by atoms with van der Waals surface area (Å²) in [7, 11) is 0. The van der Waals surface area contributed by atoms with Crippen LogP contribution in [-0.4, -0.2) is 70.7 Å². The van der Waals surface area contributed by atoms with Gasteiger partial charge in [-0.15, -0.1) is 0 Å². The maximum absolute atomic E-state index is 13.0. The fourth-order valence-electron chi connectivity index (χ4n) is 2.92. The van der Waals surface area contributed by atoms with E-state index in [0.29, 0.717) is 32.2 Å². The van der Waals surface area contributed by atoms with Gasteiger partial charge in [0.25, 0.3) is 0 Å². The highest BCUT2D eigenvalue weighted by Gasteiger charge is 2.34. The third-order valence-electron chi connectivity index (χ3n) is 5.44. The Morgan fingerprint density at radius 1 is 0.875 bits per heavy atom. The van der Waals surface area contributed by atoms with Gasteiger partial charge >= 0.3 is 5.97 Å². The molecule has 0 aliphatic heterocycles. The standard InChI is InChI=1S/C21H41N5O6/c1-6-12(4)16(20(30)26-17(13(5)27)21(31)32)25-18(28)14(9-7-8-10-22)24-19(29)15(23)11(2)3/h11-17,27H,6-10,22-23H2,1-5H3,(H,24,29)(H,25,28)(H,26,30)(H,31,32). The van der Waals surface area contributed by atoms with Crippen LogP contribution < -0.4 is 27.4 Å². The summed E-state index contributed by atoms with van der Waals surface area (Å²) in [5.41, 5.74) is 11.4. The Kier molecular flexibility index (Phi) is 13.7. The fourth-order valence-corrected chi connectivity index (χ4v) is 2.92. The second kappa shape index (κ2) is 14.8. The zero-order valence-corrected chi connectivity index (χ0v) is 19.8. The zero-order valence-electron chi connectivity index (χ0n) is 19.8. The first-order valence-corrected chi connectivity index (χ1v) is 11.1. The number of aliphatic carboxylic acids is 1. The molecule has 0 aliphatic rings. The Balaban J connectivity index is 5.55. The van der Waals surface area contributed by atoms with E-state index < -0.39 is 54.0 Å². The van der Waals surface area contributed by atoms with Crippen molar-refractivity contribution >= 4 is 23.7 Å². The van der Waals surface area contributed by atoms with E-state index in [9.17, 15) is 29.4 Å². The molecule has 6 atom stereocenters. The Morgan fingerprint density at radius 2 is 1.44 bits per heavy atom. The predicted octanol–water partition coefficient (Wildman–Crippen LogP) is -0.935. The van der Waals surface area contributed by atoms with Crippen LogP contribution in [-0.2, 0) is 19.2 Å². The number of carboxylic acids is 1. The SMILES string of the molecule is CCC(C)C(NC(=O)C(CCCCN)NC(=O)C(N)C(C)C)C(=O)NC(C(=O)O)C(C)O. The maximum atomic E-state index is 13.0. The van der Waals surface area contributed by atoms with Crippen molar-refractivity contribution in [2.45, 2.75) is 90.6 Å². The summed E-state index contributed by atoms with van der Waals surface area (Å²) in [4.78, 5) is 49.5. The molecular formula is C21H41N5O6. The molecule has 186 valence electrons. The van der Waals surface area contributed by atoms with E-state index in [2.05, 4.69) is 16.0 Å². The van der Waals surface area contributed by atoms with Gasteiger partial charge in [0, 0.05) is 0 Å². The summed E-state index contributed by atoms with van der Waals surface area (Å²) < 4.78 is 0. The lowest BCUT2D eigenvalue weighted by Gasteiger charge is -2.29. The highest BCUT2D eigenvalue weighted by atomic mass is 16.4. The van der Waals surface area contributed by atoms with Gasteiger partial charge in [0.05, 0.1) is 12.1 Å². The summed E-state index contributed by atoms with van der Waals surface area (Å²) in [6.45, 7) is 8.82. The van der Waals surface area contributed by atoms with Gasteiger partial charge in [-0.2, -0.15) is 0 Å². The molecule has 0 bridgehead atoms. The Labute approximate surface area is 190 Å². The van der Waals surface area contributed by atoms with Crippen LogP contribution in [0.25, 0.3) is 0 Å². The molecule has 0 aromatic carbocycles. The Morgan fingerprint density at radius 3 is 1.88 bits per heavy atom. The number of aliphatic hydroxyl groups excluding tert-OH is 1. The number of unbranched alkanes of at least 4 members (excludes halogenated alkanes) is 1. The molecule has 0 aromatic rings. The number of aliphatic hydroxyl groups is 1. The molecule has 0 rings (SSSR count). The van der Waals surface area contributed by atoms with E-state index in [1.165, 1.54) is 6.92 Å². The number of carbonyl (C=O) groups excluding carboxylic acids is 3. The number of hydrogen-bond donors (Lipinski definition) is 7. The van der Waals surface area contributed by atoms with Gasteiger partial charge in [-0.05, 0) is 44.6 Å². The molecule has 9 N–H and O–H groups in total. The molecule has 0 saturated carbocycles. The Hall–Kier alpha value is -2.24. The molecule has 0 aliphatic carbocycles. The molecule has 0 radical (unpaired) electrons. The first-order chi connectivity index (χ1) is 14.9.